The number of hydrogen-bond acceptors (Lipinski definition) is 6. The molecule has 0 spiro atoms. The third-order valence-electron chi connectivity index (χ3n) is 6.48. The molecule has 0 aliphatic carbocycles. The van der Waals surface area contributed by atoms with Crippen LogP contribution in [-0.4, -0.2) is 60.8 Å². The number of aryl methyl sites for hydroxylation is 2. The van der Waals surface area contributed by atoms with Crippen molar-refractivity contribution < 1.29 is 14.5 Å². The van der Waals surface area contributed by atoms with Gasteiger partial charge in [-0.2, -0.15) is 10.2 Å². The molecule has 11 heteroatoms. The molecule has 0 radical (unpaired) electrons. The maximum absolute atomic E-state index is 13.0. The van der Waals surface area contributed by atoms with Gasteiger partial charge in [0.2, 0.25) is 0 Å². The maximum atomic E-state index is 13.0. The second-order valence-corrected chi connectivity index (χ2v) is 8.98. The maximum Gasteiger partial charge on any atom is 0.312 e. The Bertz CT molecular complexity index is 1240. The summed E-state index contributed by atoms with van der Waals surface area (Å²) in [6.07, 6.45) is 4.88. The van der Waals surface area contributed by atoms with Gasteiger partial charge >= 0.3 is 5.69 Å². The van der Waals surface area contributed by atoms with Crippen molar-refractivity contribution >= 4 is 17.5 Å². The molecule has 2 amide bonds. The lowest BCUT2D eigenvalue weighted by molar-refractivity contribution is -0.386. The summed E-state index contributed by atoms with van der Waals surface area (Å²) < 4.78 is 3.21. The molecule has 1 aliphatic heterocycles. The largest absolute Gasteiger partial charge is 0.352 e. The minimum absolute atomic E-state index is 0.0175. The van der Waals surface area contributed by atoms with Crippen molar-refractivity contribution in [3.63, 3.8) is 0 Å². The van der Waals surface area contributed by atoms with Gasteiger partial charge in [-0.05, 0) is 50.3 Å². The van der Waals surface area contributed by atoms with Crippen LogP contribution in [0, 0.1) is 29.9 Å². The van der Waals surface area contributed by atoms with Gasteiger partial charge < -0.3 is 10.2 Å². The Kier molecular flexibility index (Phi) is 6.94. The van der Waals surface area contributed by atoms with Gasteiger partial charge in [0.05, 0.1) is 23.2 Å². The minimum Gasteiger partial charge on any atom is -0.352 e. The van der Waals surface area contributed by atoms with E-state index in [0.29, 0.717) is 54.6 Å². The van der Waals surface area contributed by atoms with Crippen LogP contribution in [0.1, 0.15) is 50.5 Å². The quantitative estimate of drug-likeness (QED) is 0.410. The van der Waals surface area contributed by atoms with Crippen molar-refractivity contribution in [2.75, 3.05) is 19.6 Å². The molecule has 11 nitrogen and oxygen atoms in total. The highest BCUT2D eigenvalue weighted by Crippen LogP contribution is 2.23. The van der Waals surface area contributed by atoms with Gasteiger partial charge in [-0.3, -0.25) is 29.1 Å². The molecule has 0 unspecified atom stereocenters. The van der Waals surface area contributed by atoms with E-state index in [1.54, 1.807) is 54.8 Å². The first-order valence-electron chi connectivity index (χ1n) is 11.6. The molecule has 1 fully saturated rings. The van der Waals surface area contributed by atoms with E-state index in [4.69, 9.17) is 0 Å². The zero-order valence-electron chi connectivity index (χ0n) is 20.1. The summed E-state index contributed by atoms with van der Waals surface area (Å²) in [4.78, 5) is 37.8. The highest BCUT2D eigenvalue weighted by atomic mass is 16.6. The van der Waals surface area contributed by atoms with Crippen molar-refractivity contribution in [1.82, 2.24) is 29.8 Å². The number of aromatic nitrogens is 4. The zero-order valence-corrected chi connectivity index (χ0v) is 20.1. The molecule has 1 aromatic carbocycles. The van der Waals surface area contributed by atoms with Crippen LogP contribution < -0.4 is 5.32 Å². The molecule has 1 aliphatic rings. The molecule has 0 atom stereocenters. The number of carbonyl (C=O) groups excluding carboxylic acids is 2. The number of amides is 2. The second kappa shape index (κ2) is 10.1. The predicted octanol–water partition coefficient (Wildman–Crippen LogP) is 2.47. The molecule has 184 valence electrons. The molecule has 1 saturated heterocycles. The molecule has 2 aromatic heterocycles. The van der Waals surface area contributed by atoms with E-state index in [2.05, 4.69) is 15.5 Å². The van der Waals surface area contributed by atoms with E-state index in [-0.39, 0.29) is 17.5 Å². The molecule has 0 bridgehead atoms. The fraction of sp³-hybridized carbons (Fsp3) is 0.417. The Morgan fingerprint density at radius 1 is 1.14 bits per heavy atom. The predicted molar refractivity (Wildman–Crippen MR) is 128 cm³/mol. The third-order valence-corrected chi connectivity index (χ3v) is 6.48. The monoisotopic (exact) mass is 479 g/mol. The highest BCUT2D eigenvalue weighted by Gasteiger charge is 2.25. The number of carbonyl (C=O) groups is 2. The van der Waals surface area contributed by atoms with Crippen LogP contribution in [0.15, 0.2) is 36.7 Å². The fourth-order valence-corrected chi connectivity index (χ4v) is 4.43. The second-order valence-electron chi connectivity index (χ2n) is 8.98. The van der Waals surface area contributed by atoms with E-state index in [9.17, 15) is 19.7 Å². The van der Waals surface area contributed by atoms with Crippen LogP contribution in [0.25, 0.3) is 0 Å². The first-order chi connectivity index (χ1) is 16.7. The topological polar surface area (TPSA) is 128 Å². The summed E-state index contributed by atoms with van der Waals surface area (Å²) in [5, 5.41) is 22.5. The smallest absolute Gasteiger partial charge is 0.312 e. The summed E-state index contributed by atoms with van der Waals surface area (Å²) in [6.45, 7) is 5.57. The minimum atomic E-state index is -0.409. The van der Waals surface area contributed by atoms with Gasteiger partial charge in [-0.1, -0.05) is 12.1 Å². The van der Waals surface area contributed by atoms with Crippen molar-refractivity contribution in [2.45, 2.75) is 33.2 Å². The lowest BCUT2D eigenvalue weighted by Gasteiger charge is -2.32. The van der Waals surface area contributed by atoms with Gasteiger partial charge in [0.1, 0.15) is 11.4 Å². The van der Waals surface area contributed by atoms with E-state index >= 15 is 0 Å². The van der Waals surface area contributed by atoms with Crippen molar-refractivity contribution in [1.29, 1.82) is 0 Å². The van der Waals surface area contributed by atoms with Crippen LogP contribution in [0.3, 0.4) is 0 Å². The number of hydrogen-bond donors (Lipinski definition) is 1. The van der Waals surface area contributed by atoms with Gasteiger partial charge in [-0.25, -0.2) is 0 Å². The summed E-state index contributed by atoms with van der Waals surface area (Å²) >= 11 is 0. The standard InChI is InChI=1S/C24H29N7O4/c1-16-22(31(34)35)17(2)30(27-16)14-19-4-6-20(7-5-19)24(33)29-10-8-18(9-11-29)12-25-23(32)21-13-26-28(3)15-21/h4-7,13,15,18H,8-12,14H2,1-3H3,(H,25,32). The highest BCUT2D eigenvalue weighted by molar-refractivity contribution is 5.94. The Balaban J connectivity index is 1.28. The first-order valence-corrected chi connectivity index (χ1v) is 11.6. The molecule has 3 heterocycles. The zero-order chi connectivity index (χ0) is 25.1. The van der Waals surface area contributed by atoms with Gasteiger partial charge in [0, 0.05) is 38.4 Å². The van der Waals surface area contributed by atoms with Crippen LogP contribution in [0.2, 0.25) is 0 Å². The Labute approximate surface area is 202 Å². The third kappa shape index (κ3) is 5.39. The summed E-state index contributed by atoms with van der Waals surface area (Å²) in [7, 11) is 1.77. The van der Waals surface area contributed by atoms with Gasteiger partial charge in [0.25, 0.3) is 11.8 Å². The van der Waals surface area contributed by atoms with Crippen molar-refractivity contribution in [3.8, 4) is 0 Å². The number of piperidine rings is 1. The van der Waals surface area contributed by atoms with Crippen LogP contribution in [-0.2, 0) is 13.6 Å². The van der Waals surface area contributed by atoms with Crippen LogP contribution in [0.4, 0.5) is 5.69 Å². The number of nitrogens with one attached hydrogen (secondary N) is 1. The number of likely N-dealkylation sites (tertiary alicyclic amines) is 1. The average Bonchev–Trinajstić information content (AvgIpc) is 3.40. The number of benzene rings is 1. The van der Waals surface area contributed by atoms with Crippen molar-refractivity contribution in [3.05, 3.63) is 74.9 Å². The molecule has 4 rings (SSSR count). The fourth-order valence-electron chi connectivity index (χ4n) is 4.43. The van der Waals surface area contributed by atoms with Crippen LogP contribution >= 0.6 is 0 Å². The Morgan fingerprint density at radius 2 is 1.83 bits per heavy atom. The molecule has 3 aromatic rings. The van der Waals surface area contributed by atoms with Crippen LogP contribution in [0.5, 0.6) is 0 Å². The summed E-state index contributed by atoms with van der Waals surface area (Å²) in [5.74, 6) is 0.176. The first kappa shape index (κ1) is 24.1. The average molecular weight is 480 g/mol. The van der Waals surface area contributed by atoms with E-state index in [1.807, 2.05) is 17.0 Å². The number of rotatable bonds is 7. The Morgan fingerprint density at radius 3 is 2.40 bits per heavy atom. The normalized spacial score (nSPS) is 14.2. The molecular weight excluding hydrogens is 450 g/mol. The Hall–Kier alpha value is -4.02. The molecular formula is C24H29N7O4. The molecule has 0 saturated carbocycles. The number of nitro groups is 1. The van der Waals surface area contributed by atoms with Gasteiger partial charge in [-0.15, -0.1) is 0 Å². The molecule has 35 heavy (non-hydrogen) atoms. The summed E-state index contributed by atoms with van der Waals surface area (Å²) in [5.41, 5.74) is 2.99. The van der Waals surface area contributed by atoms with E-state index in [1.165, 1.54) is 0 Å². The SMILES string of the molecule is Cc1nn(Cc2ccc(C(=O)N3CCC(CNC(=O)c4cnn(C)c4)CC3)cc2)c(C)c1[N+](=O)[O-]. The van der Waals surface area contributed by atoms with E-state index < -0.39 is 4.92 Å². The van der Waals surface area contributed by atoms with E-state index in [0.717, 1.165) is 18.4 Å². The lowest BCUT2D eigenvalue weighted by atomic mass is 9.96. The van der Waals surface area contributed by atoms with Gasteiger partial charge in [0.15, 0.2) is 0 Å². The lowest BCUT2D eigenvalue weighted by Crippen LogP contribution is -2.41. The van der Waals surface area contributed by atoms with Crippen molar-refractivity contribution in [2.24, 2.45) is 13.0 Å². The number of nitrogens with zero attached hydrogens (tertiary/aromatic N) is 6. The molecule has 1 N–H and O–H groups in total. The summed E-state index contributed by atoms with van der Waals surface area (Å²) in [6, 6.07) is 7.29.